The zero-order valence-electron chi connectivity index (χ0n) is 23.1. The van der Waals surface area contributed by atoms with Crippen molar-refractivity contribution in [3.8, 4) is 22.8 Å². The molecule has 0 radical (unpaired) electrons. The number of hydrogen-bond acceptors (Lipinski definition) is 5. The van der Waals surface area contributed by atoms with E-state index >= 15 is 0 Å². The van der Waals surface area contributed by atoms with Crippen molar-refractivity contribution in [1.29, 1.82) is 0 Å². The summed E-state index contributed by atoms with van der Waals surface area (Å²) in [5, 5.41) is 14.8. The minimum absolute atomic E-state index is 0.0284. The average molecular weight is 517 g/mol. The maximum Gasteiger partial charge on any atom is 0.274 e. The van der Waals surface area contributed by atoms with Gasteiger partial charge >= 0.3 is 0 Å². The van der Waals surface area contributed by atoms with Gasteiger partial charge in [0.2, 0.25) is 5.88 Å². The van der Waals surface area contributed by atoms with E-state index in [-0.39, 0.29) is 17.4 Å². The highest BCUT2D eigenvalue weighted by Crippen LogP contribution is 2.40. The zero-order valence-corrected chi connectivity index (χ0v) is 23.1. The van der Waals surface area contributed by atoms with E-state index in [9.17, 15) is 14.7 Å². The van der Waals surface area contributed by atoms with Crippen LogP contribution in [0, 0.1) is 19.8 Å². The van der Waals surface area contributed by atoms with Crippen LogP contribution in [0.5, 0.6) is 11.6 Å². The van der Waals surface area contributed by atoms with E-state index in [4.69, 9.17) is 4.74 Å². The molecule has 0 saturated heterocycles. The lowest BCUT2D eigenvalue weighted by atomic mass is 9.82. The fraction of sp³-hybridized carbons (Fsp3) is 0.367. The molecule has 8 nitrogen and oxygen atoms in total. The monoisotopic (exact) mass is 516 g/mol. The first kappa shape index (κ1) is 27.1. The molecule has 3 aromatic heterocycles. The molecule has 0 bridgehead atoms. The normalized spacial score (nSPS) is 13.8. The number of amides is 1. The Morgan fingerprint density at radius 2 is 1.89 bits per heavy atom. The molecule has 1 aromatic carbocycles. The van der Waals surface area contributed by atoms with Gasteiger partial charge in [0, 0.05) is 48.1 Å². The molecular weight excluding hydrogens is 480 g/mol. The molecule has 4 aromatic rings. The first-order valence-corrected chi connectivity index (χ1v) is 13.0. The van der Waals surface area contributed by atoms with Crippen LogP contribution >= 0.6 is 0 Å². The van der Waals surface area contributed by atoms with Crippen LogP contribution in [0.15, 0.2) is 47.5 Å². The summed E-state index contributed by atoms with van der Waals surface area (Å²) in [7, 11) is 1.66. The van der Waals surface area contributed by atoms with Crippen LogP contribution in [0.4, 0.5) is 0 Å². The van der Waals surface area contributed by atoms with Crippen molar-refractivity contribution in [2.45, 2.75) is 53.6 Å². The maximum atomic E-state index is 13.0. The van der Waals surface area contributed by atoms with Gasteiger partial charge in [-0.1, -0.05) is 38.5 Å². The topological polar surface area (TPSA) is 109 Å². The number of hydrogen-bond donors (Lipinski definition) is 3. The summed E-state index contributed by atoms with van der Waals surface area (Å²) in [6, 6.07) is 9.47. The molecule has 0 saturated carbocycles. The lowest BCUT2D eigenvalue weighted by Crippen LogP contribution is -2.29. The summed E-state index contributed by atoms with van der Waals surface area (Å²) in [5.74, 6) is 0.710. The molecule has 4 rings (SSSR count). The minimum Gasteiger partial charge on any atom is -0.438 e. The van der Waals surface area contributed by atoms with Gasteiger partial charge in [0.05, 0.1) is 5.60 Å². The number of aromatic amines is 1. The predicted molar refractivity (Wildman–Crippen MR) is 150 cm³/mol. The number of carbonyl (C=O) groups excluding carboxylic acids is 1. The Morgan fingerprint density at radius 1 is 1.21 bits per heavy atom. The van der Waals surface area contributed by atoms with Crippen LogP contribution in [-0.2, 0) is 12.6 Å². The van der Waals surface area contributed by atoms with Crippen LogP contribution in [-0.4, -0.2) is 32.1 Å². The summed E-state index contributed by atoms with van der Waals surface area (Å²) >= 11 is 0. The Hall–Kier alpha value is -3.91. The quantitative estimate of drug-likeness (QED) is 0.293. The van der Waals surface area contributed by atoms with Gasteiger partial charge in [0.15, 0.2) is 0 Å². The molecule has 2 atom stereocenters. The van der Waals surface area contributed by atoms with Crippen LogP contribution in [0.1, 0.15) is 61.3 Å². The lowest BCUT2D eigenvalue weighted by molar-refractivity contribution is -0.000289. The maximum absolute atomic E-state index is 13.0. The van der Waals surface area contributed by atoms with Crippen LogP contribution in [0.25, 0.3) is 22.0 Å². The Morgan fingerprint density at radius 3 is 2.53 bits per heavy atom. The first-order valence-electron chi connectivity index (χ1n) is 13.0. The summed E-state index contributed by atoms with van der Waals surface area (Å²) in [6.45, 7) is 12.1. The van der Waals surface area contributed by atoms with Gasteiger partial charge in [-0.05, 0) is 56.9 Å². The van der Waals surface area contributed by atoms with E-state index in [1.807, 2.05) is 58.9 Å². The standard InChI is InChI=1S/C30H36N4O4/c1-8-19(5)30(6,37)20-13-22(28(32-15-20)38-26-17(3)11-10-12-18(26)4)23-16-34(7)29(36)25-21(23)14-24(33-25)27(35)31-9-2/h10-16,19,33,37H,8-9H2,1-7H3,(H,31,35). The Bertz CT molecular complexity index is 1540. The molecule has 0 aliphatic rings. The molecule has 8 heteroatoms. The second kappa shape index (κ2) is 10.5. The SMILES string of the molecule is CCNC(=O)c1cc2c(-c3cc(C(C)(O)C(C)CC)cnc3Oc3c(C)cccc3C)cn(C)c(=O)c2[nH]1. The van der Waals surface area contributed by atoms with Crippen LogP contribution in [0.2, 0.25) is 0 Å². The first-order chi connectivity index (χ1) is 18.0. The van der Waals surface area contributed by atoms with Crippen molar-refractivity contribution in [2.24, 2.45) is 13.0 Å². The minimum atomic E-state index is -1.14. The van der Waals surface area contributed by atoms with Crippen LogP contribution < -0.4 is 15.6 Å². The van der Waals surface area contributed by atoms with Gasteiger partial charge in [0.25, 0.3) is 11.5 Å². The number of aliphatic hydroxyl groups is 1. The number of nitrogens with zero attached hydrogens (tertiary/aromatic N) is 2. The Balaban J connectivity index is 2.01. The summed E-state index contributed by atoms with van der Waals surface area (Å²) < 4.78 is 7.89. The fourth-order valence-electron chi connectivity index (χ4n) is 4.67. The smallest absolute Gasteiger partial charge is 0.274 e. The van der Waals surface area contributed by atoms with Crippen molar-refractivity contribution < 1.29 is 14.6 Å². The lowest BCUT2D eigenvalue weighted by Gasteiger charge is -2.30. The summed E-state index contributed by atoms with van der Waals surface area (Å²) in [5.41, 5.74) is 3.02. The molecule has 0 fully saturated rings. The molecular formula is C30H36N4O4. The second-order valence-corrected chi connectivity index (χ2v) is 10.1. The van der Waals surface area contributed by atoms with Crippen molar-refractivity contribution in [2.75, 3.05) is 6.54 Å². The molecule has 0 aliphatic carbocycles. The van der Waals surface area contributed by atoms with Gasteiger partial charge in [-0.2, -0.15) is 0 Å². The molecule has 3 heterocycles. The number of aromatic nitrogens is 3. The van der Waals surface area contributed by atoms with Gasteiger partial charge < -0.3 is 24.7 Å². The second-order valence-electron chi connectivity index (χ2n) is 10.1. The predicted octanol–water partition coefficient (Wildman–Crippen LogP) is 5.34. The molecule has 0 spiro atoms. The number of aryl methyl sites for hydroxylation is 3. The Kier molecular flexibility index (Phi) is 7.47. The van der Waals surface area contributed by atoms with E-state index in [1.54, 1.807) is 32.4 Å². The number of ether oxygens (including phenoxy) is 1. The number of fused-ring (bicyclic) bond motifs is 1. The molecule has 38 heavy (non-hydrogen) atoms. The van der Waals surface area contributed by atoms with Crippen molar-refractivity contribution in [3.05, 3.63) is 75.5 Å². The highest BCUT2D eigenvalue weighted by Gasteiger charge is 2.31. The van der Waals surface area contributed by atoms with Gasteiger partial charge in [-0.15, -0.1) is 0 Å². The number of H-pyrrole nitrogens is 1. The number of rotatable bonds is 8. The molecule has 3 N–H and O–H groups in total. The number of para-hydroxylation sites is 1. The average Bonchev–Trinajstić information content (AvgIpc) is 3.34. The van der Waals surface area contributed by atoms with Crippen LogP contribution in [0.3, 0.4) is 0 Å². The van der Waals surface area contributed by atoms with Crippen molar-refractivity contribution >= 4 is 16.8 Å². The van der Waals surface area contributed by atoms with E-state index < -0.39 is 5.60 Å². The molecule has 200 valence electrons. The zero-order chi connectivity index (χ0) is 27.8. The molecule has 2 unspecified atom stereocenters. The van der Waals surface area contributed by atoms with Gasteiger partial charge in [0.1, 0.15) is 17.0 Å². The number of benzene rings is 1. The molecule has 0 aliphatic heterocycles. The van der Waals surface area contributed by atoms with Gasteiger partial charge in [-0.3, -0.25) is 9.59 Å². The fourth-order valence-corrected chi connectivity index (χ4v) is 4.67. The third-order valence-electron chi connectivity index (χ3n) is 7.45. The van der Waals surface area contributed by atoms with E-state index in [0.29, 0.717) is 51.5 Å². The Labute approximate surface area is 222 Å². The van der Waals surface area contributed by atoms with Crippen molar-refractivity contribution in [3.63, 3.8) is 0 Å². The highest BCUT2D eigenvalue weighted by molar-refractivity contribution is 6.03. The van der Waals surface area contributed by atoms with E-state index in [0.717, 1.165) is 17.5 Å². The van der Waals surface area contributed by atoms with E-state index in [2.05, 4.69) is 15.3 Å². The third-order valence-corrected chi connectivity index (χ3v) is 7.45. The number of carbonyl (C=O) groups is 1. The van der Waals surface area contributed by atoms with E-state index in [1.165, 1.54) is 4.57 Å². The third kappa shape index (κ3) is 4.84. The number of nitrogens with one attached hydrogen (secondary N) is 2. The summed E-state index contributed by atoms with van der Waals surface area (Å²) in [4.78, 5) is 33.3. The highest BCUT2D eigenvalue weighted by atomic mass is 16.5. The van der Waals surface area contributed by atoms with Gasteiger partial charge in [-0.25, -0.2) is 4.98 Å². The largest absolute Gasteiger partial charge is 0.438 e. The molecule has 1 amide bonds. The van der Waals surface area contributed by atoms with Crippen molar-refractivity contribution in [1.82, 2.24) is 19.9 Å². The number of pyridine rings is 2. The summed E-state index contributed by atoms with van der Waals surface area (Å²) in [6.07, 6.45) is 4.14.